The molecule has 2 heterocycles. The maximum atomic E-state index is 12.8. The monoisotopic (exact) mass is 445 g/mol. The fraction of sp³-hybridized carbons (Fsp3) is 0.200. The van der Waals surface area contributed by atoms with Gasteiger partial charge in [0.15, 0.2) is 9.84 Å². The van der Waals surface area contributed by atoms with Crippen LogP contribution in [-0.4, -0.2) is 45.3 Å². The lowest BCUT2D eigenvalue weighted by atomic mass is 10.1. The number of amides is 1. The van der Waals surface area contributed by atoms with E-state index in [1.54, 1.807) is 24.3 Å². The lowest BCUT2D eigenvalue weighted by Gasteiger charge is -2.12. The zero-order valence-corrected chi connectivity index (χ0v) is 17.4. The number of para-hydroxylation sites is 1. The van der Waals surface area contributed by atoms with Crippen molar-refractivity contribution < 1.29 is 21.6 Å². The largest absolute Gasteiger partial charge is 0.348 e. The van der Waals surface area contributed by atoms with Gasteiger partial charge in [0.25, 0.3) is 15.9 Å². The molecule has 30 heavy (non-hydrogen) atoms. The zero-order valence-electron chi connectivity index (χ0n) is 15.8. The third kappa shape index (κ3) is 4.29. The summed E-state index contributed by atoms with van der Waals surface area (Å²) in [5, 5.41) is 3.41. The molecule has 1 aliphatic heterocycles. The number of carbonyl (C=O) groups is 1. The van der Waals surface area contributed by atoms with Crippen LogP contribution in [0.1, 0.15) is 16.8 Å². The van der Waals surface area contributed by atoms with Gasteiger partial charge in [-0.1, -0.05) is 18.2 Å². The quantitative estimate of drug-likeness (QED) is 0.619. The highest BCUT2D eigenvalue weighted by atomic mass is 32.2. The van der Waals surface area contributed by atoms with E-state index in [9.17, 15) is 21.6 Å². The van der Waals surface area contributed by atoms with Gasteiger partial charge in [-0.25, -0.2) is 16.8 Å². The molecule has 0 spiro atoms. The van der Waals surface area contributed by atoms with Gasteiger partial charge in [0, 0.05) is 28.9 Å². The van der Waals surface area contributed by atoms with E-state index >= 15 is 0 Å². The Bertz CT molecular complexity index is 1310. The second-order valence-corrected chi connectivity index (χ2v) is 11.0. The molecule has 0 unspecified atom stereocenters. The molecule has 1 fully saturated rings. The fourth-order valence-electron chi connectivity index (χ4n) is 3.37. The summed E-state index contributed by atoms with van der Waals surface area (Å²) < 4.78 is 51.2. The van der Waals surface area contributed by atoms with Gasteiger partial charge in [0.1, 0.15) is 4.90 Å². The van der Waals surface area contributed by atoms with Crippen molar-refractivity contribution in [3.63, 3.8) is 0 Å². The van der Waals surface area contributed by atoms with Gasteiger partial charge in [-0.3, -0.25) is 14.5 Å². The molecule has 156 valence electrons. The molecule has 1 aromatic heterocycles. The Labute approximate surface area is 174 Å². The molecule has 0 bridgehead atoms. The first kappa shape index (κ1) is 20.3. The normalized spacial score (nSPS) is 18.2. The first-order valence-electron chi connectivity index (χ1n) is 9.21. The molecular formula is C20H19N3O5S2. The summed E-state index contributed by atoms with van der Waals surface area (Å²) in [5.74, 6) is -0.387. The number of nitrogens with one attached hydrogen (secondary N) is 2. The molecule has 2 N–H and O–H groups in total. The van der Waals surface area contributed by atoms with E-state index < -0.39 is 31.8 Å². The number of hydrogen-bond acceptors (Lipinski definition) is 6. The van der Waals surface area contributed by atoms with E-state index in [0.29, 0.717) is 28.6 Å². The second-order valence-electron chi connectivity index (χ2n) is 7.09. The zero-order chi connectivity index (χ0) is 21.4. The number of benzene rings is 2. The van der Waals surface area contributed by atoms with Crippen LogP contribution >= 0.6 is 0 Å². The number of nitrogens with zero attached hydrogens (tertiary/aromatic N) is 1. The topological polar surface area (TPSA) is 122 Å². The summed E-state index contributed by atoms with van der Waals surface area (Å²) >= 11 is 0. The SMILES string of the molecule is O=C(N[C@@H]1CCS(=O)(=O)C1)c1ccc(NS(=O)(=O)c2cccc3cccnc23)cc1. The van der Waals surface area contributed by atoms with Crippen LogP contribution in [0.4, 0.5) is 5.69 Å². The van der Waals surface area contributed by atoms with Crippen molar-refractivity contribution in [2.75, 3.05) is 16.2 Å². The smallest absolute Gasteiger partial charge is 0.264 e. The molecule has 0 saturated carbocycles. The summed E-state index contributed by atoms with van der Waals surface area (Å²) in [6, 6.07) is 14.0. The Kier molecular flexibility index (Phi) is 5.20. The number of sulfone groups is 1. The number of rotatable bonds is 5. The number of sulfonamides is 1. The predicted molar refractivity (Wildman–Crippen MR) is 114 cm³/mol. The molecular weight excluding hydrogens is 426 g/mol. The van der Waals surface area contributed by atoms with Crippen LogP contribution in [0.5, 0.6) is 0 Å². The Hall–Kier alpha value is -2.98. The van der Waals surface area contributed by atoms with Gasteiger partial charge < -0.3 is 5.32 Å². The van der Waals surface area contributed by atoms with E-state index in [0.717, 1.165) is 0 Å². The number of fused-ring (bicyclic) bond motifs is 1. The number of pyridine rings is 1. The molecule has 10 heteroatoms. The molecule has 1 atom stereocenters. The Morgan fingerprint density at radius 1 is 1.03 bits per heavy atom. The van der Waals surface area contributed by atoms with E-state index in [4.69, 9.17) is 0 Å². The average molecular weight is 446 g/mol. The number of aromatic nitrogens is 1. The molecule has 0 radical (unpaired) electrons. The third-order valence-electron chi connectivity index (χ3n) is 4.85. The lowest BCUT2D eigenvalue weighted by Crippen LogP contribution is -2.35. The summed E-state index contributed by atoms with van der Waals surface area (Å²) in [4.78, 5) is 16.6. The molecule has 1 amide bonds. The van der Waals surface area contributed by atoms with Gasteiger partial charge in [-0.15, -0.1) is 0 Å². The van der Waals surface area contributed by atoms with Gasteiger partial charge in [-0.05, 0) is 42.8 Å². The molecule has 3 aromatic rings. The minimum atomic E-state index is -3.88. The van der Waals surface area contributed by atoms with Gasteiger partial charge >= 0.3 is 0 Å². The summed E-state index contributed by atoms with van der Waals surface area (Å²) in [6.45, 7) is 0. The summed E-state index contributed by atoms with van der Waals surface area (Å²) in [5.41, 5.74) is 0.979. The highest BCUT2D eigenvalue weighted by molar-refractivity contribution is 7.93. The van der Waals surface area contributed by atoms with E-state index in [1.165, 1.54) is 36.5 Å². The third-order valence-corrected chi connectivity index (χ3v) is 8.03. The Morgan fingerprint density at radius 2 is 1.77 bits per heavy atom. The van der Waals surface area contributed by atoms with Crippen molar-refractivity contribution in [3.8, 4) is 0 Å². The van der Waals surface area contributed by atoms with Crippen LogP contribution in [-0.2, 0) is 19.9 Å². The maximum Gasteiger partial charge on any atom is 0.264 e. The Balaban J connectivity index is 1.49. The van der Waals surface area contributed by atoms with Crippen molar-refractivity contribution in [1.29, 1.82) is 0 Å². The first-order valence-corrected chi connectivity index (χ1v) is 12.5. The van der Waals surface area contributed by atoms with Crippen molar-refractivity contribution in [1.82, 2.24) is 10.3 Å². The highest BCUT2D eigenvalue weighted by Crippen LogP contribution is 2.23. The second kappa shape index (κ2) is 7.69. The van der Waals surface area contributed by atoms with E-state index in [1.807, 2.05) is 0 Å². The number of anilines is 1. The van der Waals surface area contributed by atoms with Crippen molar-refractivity contribution in [3.05, 3.63) is 66.4 Å². The van der Waals surface area contributed by atoms with Crippen molar-refractivity contribution in [2.45, 2.75) is 17.4 Å². The number of carbonyl (C=O) groups excluding carboxylic acids is 1. The predicted octanol–water partition coefficient (Wildman–Crippen LogP) is 1.95. The minimum absolute atomic E-state index is 0.0598. The van der Waals surface area contributed by atoms with Crippen LogP contribution in [0, 0.1) is 0 Å². The molecule has 2 aromatic carbocycles. The van der Waals surface area contributed by atoms with Gasteiger partial charge in [-0.2, -0.15) is 0 Å². The standard InChI is InChI=1S/C20H19N3O5S2/c24-20(22-17-10-12-29(25,26)13-17)15-6-8-16(9-7-15)23-30(27,28)18-5-1-3-14-4-2-11-21-19(14)18/h1-9,11,17,23H,10,12-13H2,(H,22,24)/t17-/m1/s1. The first-order chi connectivity index (χ1) is 14.2. The average Bonchev–Trinajstić information content (AvgIpc) is 3.06. The molecule has 1 saturated heterocycles. The molecule has 8 nitrogen and oxygen atoms in total. The van der Waals surface area contributed by atoms with Crippen molar-refractivity contribution in [2.24, 2.45) is 0 Å². The van der Waals surface area contributed by atoms with E-state index in [2.05, 4.69) is 15.0 Å². The summed E-state index contributed by atoms with van der Waals surface area (Å²) in [7, 11) is -6.97. The van der Waals surface area contributed by atoms with Crippen LogP contribution in [0.2, 0.25) is 0 Å². The Morgan fingerprint density at radius 3 is 2.47 bits per heavy atom. The maximum absolute atomic E-state index is 12.8. The van der Waals surface area contributed by atoms with E-state index in [-0.39, 0.29) is 16.4 Å². The lowest BCUT2D eigenvalue weighted by molar-refractivity contribution is 0.0941. The van der Waals surface area contributed by atoms with Crippen LogP contribution in [0.3, 0.4) is 0 Å². The minimum Gasteiger partial charge on any atom is -0.348 e. The molecule has 1 aliphatic rings. The van der Waals surface area contributed by atoms with Crippen LogP contribution in [0.25, 0.3) is 10.9 Å². The fourth-order valence-corrected chi connectivity index (χ4v) is 6.28. The number of hydrogen-bond donors (Lipinski definition) is 2. The van der Waals surface area contributed by atoms with Gasteiger partial charge in [0.2, 0.25) is 0 Å². The molecule has 4 rings (SSSR count). The highest BCUT2D eigenvalue weighted by Gasteiger charge is 2.29. The van der Waals surface area contributed by atoms with Gasteiger partial charge in [0.05, 0.1) is 17.0 Å². The van der Waals surface area contributed by atoms with Crippen LogP contribution < -0.4 is 10.0 Å². The molecule has 0 aliphatic carbocycles. The van der Waals surface area contributed by atoms with Crippen molar-refractivity contribution >= 4 is 42.4 Å². The summed E-state index contributed by atoms with van der Waals surface area (Å²) in [6.07, 6.45) is 1.93. The van der Waals surface area contributed by atoms with Crippen LogP contribution in [0.15, 0.2) is 65.7 Å².